The zero-order valence-corrected chi connectivity index (χ0v) is 16.8. The fourth-order valence-corrected chi connectivity index (χ4v) is 4.25. The van der Waals surface area contributed by atoms with Gasteiger partial charge in [0.2, 0.25) is 0 Å². The Bertz CT molecular complexity index is 1500. The fraction of sp³-hybridized carbons (Fsp3) is 0. The Morgan fingerprint density at radius 1 is 0.484 bits per heavy atom. The Morgan fingerprint density at radius 3 is 1.94 bits per heavy atom. The van der Waals surface area contributed by atoms with Crippen LogP contribution in [0.15, 0.2) is 120 Å². The normalized spacial score (nSPS) is 11.2. The van der Waals surface area contributed by atoms with Crippen LogP contribution in [0.25, 0.3) is 55.4 Å². The summed E-state index contributed by atoms with van der Waals surface area (Å²) in [6.45, 7) is 0. The quantitative estimate of drug-likeness (QED) is 0.302. The molecule has 0 N–H and O–H groups in total. The van der Waals surface area contributed by atoms with E-state index in [0.29, 0.717) is 0 Å². The van der Waals surface area contributed by atoms with Crippen LogP contribution in [-0.4, -0.2) is 4.98 Å². The maximum atomic E-state index is 6.57. The van der Waals surface area contributed by atoms with E-state index in [9.17, 15) is 0 Å². The molecule has 4 aromatic carbocycles. The van der Waals surface area contributed by atoms with Crippen molar-refractivity contribution in [3.8, 4) is 33.5 Å². The molecule has 6 rings (SSSR count). The molecule has 0 radical (unpaired) electrons. The van der Waals surface area contributed by atoms with Gasteiger partial charge in [-0.15, -0.1) is 0 Å². The first kappa shape index (κ1) is 17.7. The van der Waals surface area contributed by atoms with Crippen LogP contribution >= 0.6 is 0 Å². The van der Waals surface area contributed by atoms with E-state index in [1.165, 1.54) is 11.1 Å². The number of pyridine rings is 1. The summed E-state index contributed by atoms with van der Waals surface area (Å²) in [5.41, 5.74) is 8.31. The summed E-state index contributed by atoms with van der Waals surface area (Å²) in [6, 6.07) is 37.7. The lowest BCUT2D eigenvalue weighted by Gasteiger charge is -2.08. The van der Waals surface area contributed by atoms with E-state index < -0.39 is 0 Å². The monoisotopic (exact) mass is 397 g/mol. The van der Waals surface area contributed by atoms with Crippen LogP contribution in [0, 0.1) is 0 Å². The van der Waals surface area contributed by atoms with E-state index in [4.69, 9.17) is 4.42 Å². The Kier molecular flexibility index (Phi) is 4.14. The van der Waals surface area contributed by atoms with E-state index >= 15 is 0 Å². The average Bonchev–Trinajstić information content (AvgIpc) is 3.24. The number of hydrogen-bond donors (Lipinski definition) is 0. The third-order valence-corrected chi connectivity index (χ3v) is 5.73. The molecule has 0 unspecified atom stereocenters. The van der Waals surface area contributed by atoms with E-state index in [0.717, 1.165) is 44.3 Å². The second-order valence-electron chi connectivity index (χ2n) is 7.63. The molecule has 6 aromatic rings. The van der Waals surface area contributed by atoms with Crippen molar-refractivity contribution in [2.75, 3.05) is 0 Å². The molecule has 0 aliphatic rings. The maximum Gasteiger partial charge on any atom is 0.144 e. The maximum absolute atomic E-state index is 6.57. The van der Waals surface area contributed by atoms with Crippen molar-refractivity contribution in [1.82, 2.24) is 4.98 Å². The van der Waals surface area contributed by atoms with Gasteiger partial charge < -0.3 is 4.42 Å². The molecule has 2 heteroatoms. The minimum atomic E-state index is 0.874. The molecular formula is C29H19NO. The Balaban J connectivity index is 1.71. The van der Waals surface area contributed by atoms with Gasteiger partial charge in [-0.05, 0) is 47.0 Å². The Hall–Kier alpha value is -4.17. The minimum absolute atomic E-state index is 0.874. The molecule has 0 fully saturated rings. The average molecular weight is 397 g/mol. The Morgan fingerprint density at radius 2 is 1.19 bits per heavy atom. The number of rotatable bonds is 3. The van der Waals surface area contributed by atoms with Crippen molar-refractivity contribution < 1.29 is 4.42 Å². The van der Waals surface area contributed by atoms with Gasteiger partial charge in [0.25, 0.3) is 0 Å². The number of aromatic nitrogens is 1. The van der Waals surface area contributed by atoms with Crippen LogP contribution in [0.1, 0.15) is 0 Å². The highest BCUT2D eigenvalue weighted by Gasteiger charge is 2.17. The lowest BCUT2D eigenvalue weighted by atomic mass is 9.95. The molecule has 146 valence electrons. The largest absolute Gasteiger partial charge is 0.455 e. The zero-order valence-electron chi connectivity index (χ0n) is 16.8. The van der Waals surface area contributed by atoms with Gasteiger partial charge in [-0.25, -0.2) is 0 Å². The lowest BCUT2D eigenvalue weighted by molar-refractivity contribution is 0.671. The first-order valence-corrected chi connectivity index (χ1v) is 10.4. The van der Waals surface area contributed by atoms with Crippen molar-refractivity contribution >= 4 is 21.9 Å². The third kappa shape index (κ3) is 3.01. The van der Waals surface area contributed by atoms with Gasteiger partial charge >= 0.3 is 0 Å². The van der Waals surface area contributed by atoms with E-state index in [2.05, 4.69) is 83.8 Å². The zero-order chi connectivity index (χ0) is 20.6. The second-order valence-corrected chi connectivity index (χ2v) is 7.63. The van der Waals surface area contributed by atoms with E-state index in [-0.39, 0.29) is 0 Å². The van der Waals surface area contributed by atoms with Crippen LogP contribution in [-0.2, 0) is 0 Å². The fourth-order valence-electron chi connectivity index (χ4n) is 4.25. The van der Waals surface area contributed by atoms with E-state index in [1.54, 1.807) is 0 Å². The van der Waals surface area contributed by atoms with Gasteiger partial charge in [-0.1, -0.05) is 78.9 Å². The molecule has 0 saturated heterocycles. The molecular weight excluding hydrogens is 378 g/mol. The SMILES string of the molecule is c1ccc(-c2cc(-c3ccccc3)c3oc4c(-c5ccccn5)cccc4c3c2)cc1. The van der Waals surface area contributed by atoms with Gasteiger partial charge in [0.1, 0.15) is 11.2 Å². The number of para-hydroxylation sites is 1. The smallest absolute Gasteiger partial charge is 0.144 e. The molecule has 0 saturated carbocycles. The van der Waals surface area contributed by atoms with Gasteiger partial charge in [-0.3, -0.25) is 4.98 Å². The molecule has 0 aliphatic heterocycles. The molecule has 0 amide bonds. The van der Waals surface area contributed by atoms with Crippen LogP contribution in [0.4, 0.5) is 0 Å². The first-order chi connectivity index (χ1) is 15.4. The molecule has 0 spiro atoms. The topological polar surface area (TPSA) is 26.0 Å². The summed E-state index contributed by atoms with van der Waals surface area (Å²) in [7, 11) is 0. The summed E-state index contributed by atoms with van der Waals surface area (Å²) < 4.78 is 6.57. The predicted octanol–water partition coefficient (Wildman–Crippen LogP) is 7.98. The molecule has 2 nitrogen and oxygen atoms in total. The Labute approximate surface area is 180 Å². The standard InChI is InChI=1S/C29H19NO/c1-3-10-20(11-4-1)22-18-25(21-12-5-2-6-13-21)29-26(19-22)23-14-9-15-24(28(23)31-29)27-16-7-8-17-30-27/h1-19H. The van der Waals surface area contributed by atoms with Crippen molar-refractivity contribution in [1.29, 1.82) is 0 Å². The lowest BCUT2D eigenvalue weighted by Crippen LogP contribution is -1.83. The molecule has 0 atom stereocenters. The van der Waals surface area contributed by atoms with Crippen LogP contribution in [0.5, 0.6) is 0 Å². The van der Waals surface area contributed by atoms with Crippen LogP contribution in [0.3, 0.4) is 0 Å². The van der Waals surface area contributed by atoms with Gasteiger partial charge in [0, 0.05) is 28.1 Å². The summed E-state index contributed by atoms with van der Waals surface area (Å²) >= 11 is 0. The number of benzene rings is 4. The van der Waals surface area contributed by atoms with Crippen molar-refractivity contribution in [2.45, 2.75) is 0 Å². The second kappa shape index (κ2) is 7.26. The van der Waals surface area contributed by atoms with Crippen molar-refractivity contribution in [3.63, 3.8) is 0 Å². The third-order valence-electron chi connectivity index (χ3n) is 5.73. The van der Waals surface area contributed by atoms with Gasteiger partial charge in [-0.2, -0.15) is 0 Å². The highest BCUT2D eigenvalue weighted by molar-refractivity contribution is 6.14. The molecule has 31 heavy (non-hydrogen) atoms. The first-order valence-electron chi connectivity index (χ1n) is 10.4. The van der Waals surface area contributed by atoms with E-state index in [1.807, 2.05) is 36.5 Å². The number of fused-ring (bicyclic) bond motifs is 3. The number of hydrogen-bond acceptors (Lipinski definition) is 2. The molecule has 2 aromatic heterocycles. The van der Waals surface area contributed by atoms with Crippen LogP contribution in [0.2, 0.25) is 0 Å². The summed E-state index contributed by atoms with van der Waals surface area (Å²) in [5.74, 6) is 0. The summed E-state index contributed by atoms with van der Waals surface area (Å²) in [4.78, 5) is 4.56. The number of furan rings is 1. The summed E-state index contributed by atoms with van der Waals surface area (Å²) in [5, 5.41) is 2.22. The predicted molar refractivity (Wildman–Crippen MR) is 128 cm³/mol. The van der Waals surface area contributed by atoms with Crippen molar-refractivity contribution in [3.05, 3.63) is 115 Å². The van der Waals surface area contributed by atoms with Crippen molar-refractivity contribution in [2.24, 2.45) is 0 Å². The molecule has 0 bridgehead atoms. The molecule has 0 aliphatic carbocycles. The van der Waals surface area contributed by atoms with Crippen LogP contribution < -0.4 is 0 Å². The van der Waals surface area contributed by atoms with Gasteiger partial charge in [0.05, 0.1) is 5.69 Å². The summed E-state index contributed by atoms with van der Waals surface area (Å²) in [6.07, 6.45) is 1.82. The minimum Gasteiger partial charge on any atom is -0.455 e. The highest BCUT2D eigenvalue weighted by Crippen LogP contribution is 2.41. The highest BCUT2D eigenvalue weighted by atomic mass is 16.3. The molecule has 2 heterocycles. The van der Waals surface area contributed by atoms with Gasteiger partial charge in [0.15, 0.2) is 0 Å². The number of nitrogens with zero attached hydrogens (tertiary/aromatic N) is 1.